The number of hydrogen-bond donors (Lipinski definition) is 2. The Morgan fingerprint density at radius 3 is 2.31 bits per heavy atom. The summed E-state index contributed by atoms with van der Waals surface area (Å²) in [6.07, 6.45) is 3.51. The summed E-state index contributed by atoms with van der Waals surface area (Å²) < 4.78 is 40.0. The second-order valence-electron chi connectivity index (χ2n) is 5.64. The maximum Gasteiger partial charge on any atom is 0.261 e. The van der Waals surface area contributed by atoms with E-state index in [-0.39, 0.29) is 16.6 Å². The van der Waals surface area contributed by atoms with Gasteiger partial charge in [-0.25, -0.2) is 17.9 Å². The van der Waals surface area contributed by atoms with Gasteiger partial charge in [-0.05, 0) is 55.8 Å². The molecule has 0 aliphatic rings. The molecule has 0 radical (unpaired) electrons. The van der Waals surface area contributed by atoms with Gasteiger partial charge in [-0.1, -0.05) is 36.5 Å². The van der Waals surface area contributed by atoms with E-state index in [1.807, 2.05) is 0 Å². The topological polar surface area (TPSA) is 69.6 Å². The van der Waals surface area contributed by atoms with Gasteiger partial charge in [-0.2, -0.15) is 0 Å². The average Bonchev–Trinajstić information content (AvgIpc) is 2.61. The van der Waals surface area contributed by atoms with E-state index in [9.17, 15) is 18.0 Å². The van der Waals surface area contributed by atoms with Gasteiger partial charge in [-0.3, -0.25) is 9.93 Å². The molecule has 1 unspecified atom stereocenters. The summed E-state index contributed by atoms with van der Waals surface area (Å²) in [5.41, 5.74) is 1.05. The predicted molar refractivity (Wildman–Crippen MR) is 104 cm³/mol. The molecule has 0 amide bonds. The largest absolute Gasteiger partial charge is 0.287 e. The van der Waals surface area contributed by atoms with Crippen molar-refractivity contribution in [1.82, 2.24) is 5.06 Å². The van der Waals surface area contributed by atoms with Crippen LogP contribution >= 0.6 is 12.2 Å². The van der Waals surface area contributed by atoms with Crippen LogP contribution in [-0.2, 0) is 10.0 Å². The molecule has 138 valence electrons. The van der Waals surface area contributed by atoms with Crippen LogP contribution in [0.1, 0.15) is 19.4 Å². The highest BCUT2D eigenvalue weighted by Crippen LogP contribution is 2.17. The van der Waals surface area contributed by atoms with Crippen LogP contribution in [0.3, 0.4) is 0 Å². The van der Waals surface area contributed by atoms with Crippen molar-refractivity contribution in [3.8, 4) is 0 Å². The van der Waals surface area contributed by atoms with Crippen molar-refractivity contribution >= 4 is 39.0 Å². The molecule has 2 aromatic carbocycles. The van der Waals surface area contributed by atoms with Crippen LogP contribution in [0.25, 0.3) is 6.08 Å². The van der Waals surface area contributed by atoms with Gasteiger partial charge in [0.05, 0.1) is 10.9 Å². The first-order valence-corrected chi connectivity index (χ1v) is 9.63. The van der Waals surface area contributed by atoms with Crippen molar-refractivity contribution in [2.24, 2.45) is 0 Å². The first-order chi connectivity index (χ1) is 12.2. The second-order valence-corrected chi connectivity index (χ2v) is 7.92. The van der Waals surface area contributed by atoms with E-state index in [0.717, 1.165) is 10.6 Å². The van der Waals surface area contributed by atoms with Crippen LogP contribution in [-0.4, -0.2) is 29.7 Å². The SMILES string of the molecule is CC(=S)N(O)C(C)/C=C/c1ccc(S(=O)(=O)Nc2ccc(F)cc2)cc1. The van der Waals surface area contributed by atoms with Gasteiger partial charge in [0.2, 0.25) is 0 Å². The van der Waals surface area contributed by atoms with Crippen LogP contribution in [0.4, 0.5) is 10.1 Å². The standard InChI is InChI=1S/C18H19FN2O3S2/c1-13(21(22)14(2)25)3-4-15-5-11-18(12-6-15)26(23,24)20-17-9-7-16(19)8-10-17/h3-13,20,22H,1-2H3/b4-3+. The van der Waals surface area contributed by atoms with Crippen LogP contribution in [0, 0.1) is 5.82 Å². The molecule has 0 spiro atoms. The molecule has 0 saturated heterocycles. The molecule has 0 aromatic heterocycles. The summed E-state index contributed by atoms with van der Waals surface area (Å²) in [6, 6.07) is 11.0. The molecule has 0 saturated carbocycles. The normalized spacial score (nSPS) is 12.8. The molecule has 0 bridgehead atoms. The van der Waals surface area contributed by atoms with Crippen LogP contribution < -0.4 is 4.72 Å². The van der Waals surface area contributed by atoms with Gasteiger partial charge in [0.15, 0.2) is 0 Å². The minimum absolute atomic E-state index is 0.0885. The fourth-order valence-electron chi connectivity index (χ4n) is 2.11. The smallest absolute Gasteiger partial charge is 0.261 e. The van der Waals surface area contributed by atoms with E-state index in [2.05, 4.69) is 4.72 Å². The Morgan fingerprint density at radius 1 is 1.19 bits per heavy atom. The van der Waals surface area contributed by atoms with E-state index in [1.54, 1.807) is 38.1 Å². The lowest BCUT2D eigenvalue weighted by Crippen LogP contribution is -2.31. The third-order valence-corrected chi connectivity index (χ3v) is 5.15. The maximum absolute atomic E-state index is 12.9. The first kappa shape index (κ1) is 20.0. The molecule has 2 N–H and O–H groups in total. The Balaban J connectivity index is 2.10. The van der Waals surface area contributed by atoms with Crippen LogP contribution in [0.2, 0.25) is 0 Å². The minimum atomic E-state index is -3.76. The molecule has 26 heavy (non-hydrogen) atoms. The molecular weight excluding hydrogens is 375 g/mol. The zero-order chi connectivity index (χ0) is 19.3. The molecule has 2 rings (SSSR count). The summed E-state index contributed by atoms with van der Waals surface area (Å²) >= 11 is 4.89. The summed E-state index contributed by atoms with van der Waals surface area (Å²) in [6.45, 7) is 3.39. The van der Waals surface area contributed by atoms with Gasteiger partial charge in [0.25, 0.3) is 10.0 Å². The summed E-state index contributed by atoms with van der Waals surface area (Å²) in [5.74, 6) is -0.441. The monoisotopic (exact) mass is 394 g/mol. The Labute approximate surface area is 157 Å². The van der Waals surface area contributed by atoms with Crippen LogP contribution in [0.5, 0.6) is 0 Å². The fourth-order valence-corrected chi connectivity index (χ4v) is 3.33. The molecule has 0 fully saturated rings. The summed E-state index contributed by atoms with van der Waals surface area (Å²) in [5, 5.41) is 10.7. The molecular formula is C18H19FN2O3S2. The number of hydrogen-bond acceptors (Lipinski definition) is 4. The molecule has 5 nitrogen and oxygen atoms in total. The van der Waals surface area contributed by atoms with Crippen molar-refractivity contribution in [2.45, 2.75) is 24.8 Å². The Hall–Kier alpha value is -2.29. The molecule has 0 aliphatic carbocycles. The molecule has 8 heteroatoms. The van der Waals surface area contributed by atoms with Crippen molar-refractivity contribution in [1.29, 1.82) is 0 Å². The minimum Gasteiger partial charge on any atom is -0.287 e. The van der Waals surface area contributed by atoms with Gasteiger partial charge < -0.3 is 0 Å². The Kier molecular flexibility index (Phi) is 6.47. The average molecular weight is 394 g/mol. The second kappa shape index (κ2) is 8.39. The predicted octanol–water partition coefficient (Wildman–Crippen LogP) is 4.07. The lowest BCUT2D eigenvalue weighted by atomic mass is 10.2. The van der Waals surface area contributed by atoms with Gasteiger partial charge >= 0.3 is 0 Å². The van der Waals surface area contributed by atoms with Gasteiger partial charge in [-0.15, -0.1) is 0 Å². The zero-order valence-corrected chi connectivity index (χ0v) is 15.9. The number of sulfonamides is 1. The van der Waals surface area contributed by atoms with E-state index in [1.165, 1.54) is 36.4 Å². The quantitative estimate of drug-likeness (QED) is 0.571. The summed E-state index contributed by atoms with van der Waals surface area (Å²) in [4.78, 5) is 0.445. The molecule has 2 aromatic rings. The third kappa shape index (κ3) is 5.35. The van der Waals surface area contributed by atoms with E-state index in [4.69, 9.17) is 12.2 Å². The van der Waals surface area contributed by atoms with E-state index >= 15 is 0 Å². The van der Waals surface area contributed by atoms with E-state index in [0.29, 0.717) is 4.99 Å². The third-order valence-electron chi connectivity index (χ3n) is 3.56. The number of rotatable bonds is 6. The van der Waals surface area contributed by atoms with Gasteiger partial charge in [0, 0.05) is 5.69 Å². The van der Waals surface area contributed by atoms with Crippen LogP contribution in [0.15, 0.2) is 59.5 Å². The number of hydroxylamine groups is 2. The maximum atomic E-state index is 12.9. The van der Waals surface area contributed by atoms with Crippen molar-refractivity contribution in [3.63, 3.8) is 0 Å². The lowest BCUT2D eigenvalue weighted by Gasteiger charge is -2.19. The van der Waals surface area contributed by atoms with E-state index < -0.39 is 15.8 Å². The number of benzene rings is 2. The highest BCUT2D eigenvalue weighted by atomic mass is 32.2. The summed E-state index contributed by atoms with van der Waals surface area (Å²) in [7, 11) is -3.76. The highest BCUT2D eigenvalue weighted by molar-refractivity contribution is 7.92. The van der Waals surface area contributed by atoms with Crippen molar-refractivity contribution in [2.75, 3.05) is 4.72 Å². The highest BCUT2D eigenvalue weighted by Gasteiger charge is 2.14. The number of halogens is 1. The molecule has 0 heterocycles. The first-order valence-electron chi connectivity index (χ1n) is 7.74. The van der Waals surface area contributed by atoms with Gasteiger partial charge in [0.1, 0.15) is 10.8 Å². The number of nitrogens with zero attached hydrogens (tertiary/aromatic N) is 1. The lowest BCUT2D eigenvalue weighted by molar-refractivity contribution is -0.0305. The number of nitrogens with one attached hydrogen (secondary N) is 1. The number of thiocarbonyl (C=S) groups is 1. The molecule has 1 atom stereocenters. The Morgan fingerprint density at radius 2 is 1.77 bits per heavy atom. The number of anilines is 1. The Bertz CT molecular complexity index is 895. The zero-order valence-electron chi connectivity index (χ0n) is 14.3. The van der Waals surface area contributed by atoms with Crippen molar-refractivity contribution < 1.29 is 18.0 Å². The molecule has 0 aliphatic heterocycles. The van der Waals surface area contributed by atoms with Crippen molar-refractivity contribution in [3.05, 3.63) is 66.0 Å². The fraction of sp³-hybridized carbons (Fsp3) is 0.167.